The van der Waals surface area contributed by atoms with E-state index in [0.29, 0.717) is 28.5 Å². The van der Waals surface area contributed by atoms with Crippen LogP contribution < -0.4 is 16.0 Å². The molecular formula is C20H21Cl3N6O2S. The van der Waals surface area contributed by atoms with Crippen LogP contribution in [0.5, 0.6) is 0 Å². The highest BCUT2D eigenvalue weighted by Crippen LogP contribution is 2.29. The van der Waals surface area contributed by atoms with E-state index in [1.165, 1.54) is 7.05 Å². The maximum Gasteiger partial charge on any atom is 0.437 e. The predicted molar refractivity (Wildman–Crippen MR) is 131 cm³/mol. The summed E-state index contributed by atoms with van der Waals surface area (Å²) in [5.74, 6) is 0.171. The van der Waals surface area contributed by atoms with Gasteiger partial charge in [-0.05, 0) is 44.5 Å². The van der Waals surface area contributed by atoms with Gasteiger partial charge < -0.3 is 14.6 Å². The monoisotopic (exact) mass is 514 g/mol. The Morgan fingerprint density at radius 1 is 1.34 bits per heavy atom. The van der Waals surface area contributed by atoms with Crippen molar-refractivity contribution in [1.29, 1.82) is 0 Å². The molecule has 1 N–H and O–H groups in total. The van der Waals surface area contributed by atoms with Gasteiger partial charge in [0.2, 0.25) is 5.89 Å². The Balaban J connectivity index is 0.00000289. The highest BCUT2D eigenvalue weighted by molar-refractivity contribution is 7.81. The number of aromatic nitrogens is 4. The zero-order chi connectivity index (χ0) is 22.1. The molecule has 0 spiro atoms. The zero-order valence-electron chi connectivity index (χ0n) is 17.3. The summed E-state index contributed by atoms with van der Waals surface area (Å²) >= 11 is 18.6. The summed E-state index contributed by atoms with van der Waals surface area (Å²) in [4.78, 5) is 22.5. The molecule has 0 amide bonds. The molecule has 12 heteroatoms. The van der Waals surface area contributed by atoms with Crippen molar-refractivity contribution in [2.45, 2.75) is 25.8 Å². The molecule has 1 saturated heterocycles. The van der Waals surface area contributed by atoms with Crippen molar-refractivity contribution in [3.05, 3.63) is 56.5 Å². The van der Waals surface area contributed by atoms with Gasteiger partial charge in [0.1, 0.15) is 21.1 Å². The Bertz CT molecular complexity index is 1170. The maximum absolute atomic E-state index is 11.7. The van der Waals surface area contributed by atoms with Crippen molar-refractivity contribution < 1.29 is 4.42 Å². The minimum absolute atomic E-state index is 0. The Morgan fingerprint density at radius 2 is 2.06 bits per heavy atom. The first-order valence-corrected chi connectivity index (χ1v) is 10.9. The van der Waals surface area contributed by atoms with E-state index in [4.69, 9.17) is 39.8 Å². The molecule has 1 atom stereocenters. The molecule has 3 aromatic rings. The molecule has 170 valence electrons. The second-order valence-corrected chi connectivity index (χ2v) is 8.39. The lowest BCUT2D eigenvalue weighted by Crippen LogP contribution is -2.41. The largest absolute Gasteiger partial charge is 0.437 e. The van der Waals surface area contributed by atoms with Crippen LogP contribution in [0.1, 0.15) is 24.2 Å². The third-order valence-electron chi connectivity index (χ3n) is 5.05. The van der Waals surface area contributed by atoms with Gasteiger partial charge in [0.25, 0.3) is 0 Å². The third kappa shape index (κ3) is 5.13. The average Bonchev–Trinajstić information content (AvgIpc) is 3.35. The lowest BCUT2D eigenvalue weighted by atomic mass is 10.1. The molecule has 0 bridgehead atoms. The van der Waals surface area contributed by atoms with Gasteiger partial charge in [-0.1, -0.05) is 41.5 Å². The van der Waals surface area contributed by atoms with Crippen LogP contribution in [0.2, 0.25) is 10.3 Å². The second kappa shape index (κ2) is 10.3. The van der Waals surface area contributed by atoms with Gasteiger partial charge in [-0.3, -0.25) is 0 Å². The number of halogens is 3. The first-order valence-electron chi connectivity index (χ1n) is 9.73. The van der Waals surface area contributed by atoms with E-state index in [9.17, 15) is 4.79 Å². The van der Waals surface area contributed by atoms with Crippen LogP contribution in [-0.2, 0) is 7.05 Å². The Labute approximate surface area is 206 Å². The van der Waals surface area contributed by atoms with Crippen molar-refractivity contribution in [2.75, 3.05) is 18.0 Å². The molecule has 2 aromatic heterocycles. The van der Waals surface area contributed by atoms with E-state index >= 15 is 0 Å². The van der Waals surface area contributed by atoms with E-state index in [-0.39, 0.29) is 34.6 Å². The van der Waals surface area contributed by atoms with E-state index in [1.54, 1.807) is 6.92 Å². The minimum atomic E-state index is -0.529. The topological polar surface area (TPSA) is 89.1 Å². The number of hydrogen-bond acceptors (Lipinski definition) is 7. The number of rotatable bonds is 5. The normalized spacial score (nSPS) is 15.4. The summed E-state index contributed by atoms with van der Waals surface area (Å²) in [5.41, 5.74) is 1.86. The summed E-state index contributed by atoms with van der Waals surface area (Å²) in [6, 6.07) is 7.70. The van der Waals surface area contributed by atoms with Crippen molar-refractivity contribution >= 4 is 58.5 Å². The van der Waals surface area contributed by atoms with Gasteiger partial charge in [0.15, 0.2) is 0 Å². The van der Waals surface area contributed by atoms with Gasteiger partial charge in [0.05, 0.1) is 5.56 Å². The molecule has 8 nitrogen and oxygen atoms in total. The molecule has 1 aromatic carbocycles. The molecule has 4 rings (SSSR count). The number of nitrogens with zero attached hydrogens (tertiary/aromatic N) is 5. The summed E-state index contributed by atoms with van der Waals surface area (Å²) in [6.45, 7) is 3.28. The number of nitrogens with one attached hydrogen (secondary N) is 1. The number of aryl methyl sites for hydroxylation is 2. The molecule has 1 aliphatic rings. The van der Waals surface area contributed by atoms with E-state index in [1.807, 2.05) is 29.2 Å². The fraction of sp³-hybridized carbons (Fsp3) is 0.350. The molecule has 0 unspecified atom stereocenters. The van der Waals surface area contributed by atoms with Crippen LogP contribution in [0.15, 0.2) is 33.5 Å². The second-order valence-electron chi connectivity index (χ2n) is 7.28. The number of benzene rings is 1. The summed E-state index contributed by atoms with van der Waals surface area (Å²) in [6.07, 6.45) is 2.12. The Hall–Kier alpha value is -2.04. The molecule has 1 fully saturated rings. The van der Waals surface area contributed by atoms with Crippen LogP contribution >= 0.6 is 47.8 Å². The van der Waals surface area contributed by atoms with Gasteiger partial charge in [-0.15, -0.1) is 17.5 Å². The van der Waals surface area contributed by atoms with Crippen LogP contribution in [-0.4, -0.2) is 43.9 Å². The zero-order valence-corrected chi connectivity index (χ0v) is 20.5. The Kier molecular flexibility index (Phi) is 7.89. The predicted octanol–water partition coefficient (Wildman–Crippen LogP) is 3.80. The molecule has 1 aliphatic heterocycles. The molecule has 0 saturated carbocycles. The molecular weight excluding hydrogens is 495 g/mol. The van der Waals surface area contributed by atoms with Crippen molar-refractivity contribution in [3.63, 3.8) is 0 Å². The summed E-state index contributed by atoms with van der Waals surface area (Å²) < 4.78 is 6.38. The van der Waals surface area contributed by atoms with Crippen molar-refractivity contribution in [3.8, 4) is 11.5 Å². The first kappa shape index (κ1) is 24.6. The summed E-state index contributed by atoms with van der Waals surface area (Å²) in [7, 11) is 1.54. The Morgan fingerprint density at radius 3 is 2.66 bits per heavy atom. The number of hydrogen-bond donors (Lipinski definition) is 1. The van der Waals surface area contributed by atoms with Crippen molar-refractivity contribution in [2.24, 2.45) is 7.05 Å². The SMILES string of the molecule is Cc1nc(Cl)c(C(=S)N(C[C@@H]2CCCN2)c2cccc(-c3nn(C)c(=O)o3)c2)c(Cl)n1.Cl. The van der Waals surface area contributed by atoms with Crippen LogP contribution in [0, 0.1) is 6.92 Å². The summed E-state index contributed by atoms with van der Waals surface area (Å²) in [5, 5.41) is 8.04. The van der Waals surface area contributed by atoms with Crippen molar-refractivity contribution in [1.82, 2.24) is 25.1 Å². The van der Waals surface area contributed by atoms with E-state index in [0.717, 1.165) is 29.8 Å². The molecule has 0 radical (unpaired) electrons. The van der Waals surface area contributed by atoms with Gasteiger partial charge in [0, 0.05) is 30.9 Å². The minimum Gasteiger partial charge on any atom is -0.388 e. The van der Waals surface area contributed by atoms with Crippen LogP contribution in [0.25, 0.3) is 11.5 Å². The van der Waals surface area contributed by atoms with Gasteiger partial charge in [-0.25, -0.2) is 14.8 Å². The number of anilines is 1. The fourth-order valence-electron chi connectivity index (χ4n) is 3.53. The quantitative estimate of drug-likeness (QED) is 0.405. The van der Waals surface area contributed by atoms with Crippen LogP contribution in [0.4, 0.5) is 5.69 Å². The molecule has 3 heterocycles. The standard InChI is InChI=1S/C20H20Cl2N6O2S.ClH/c1-11-24-16(21)15(17(22)25-11)19(31)28(10-13-6-4-8-23-13)14-7-3-5-12(9-14)18-26-27(2)20(29)30-18;/h3,5,7,9,13,23H,4,6,8,10H2,1-2H3;1H/t13-;/m0./s1. The smallest absolute Gasteiger partial charge is 0.388 e. The third-order valence-corrected chi connectivity index (χ3v) is 6.02. The highest BCUT2D eigenvalue weighted by Gasteiger charge is 2.26. The first-order chi connectivity index (χ1) is 14.8. The van der Waals surface area contributed by atoms with E-state index in [2.05, 4.69) is 20.4 Å². The highest BCUT2D eigenvalue weighted by atomic mass is 35.5. The number of thiocarbonyl (C=S) groups is 1. The average molecular weight is 516 g/mol. The van der Waals surface area contributed by atoms with Gasteiger partial charge in [-0.2, -0.15) is 4.68 Å². The molecule has 32 heavy (non-hydrogen) atoms. The lowest BCUT2D eigenvalue weighted by Gasteiger charge is -2.29. The fourth-order valence-corrected chi connectivity index (χ4v) is 4.66. The maximum atomic E-state index is 11.7. The molecule has 0 aliphatic carbocycles. The lowest BCUT2D eigenvalue weighted by molar-refractivity contribution is 0.505. The van der Waals surface area contributed by atoms with Crippen LogP contribution in [0.3, 0.4) is 0 Å². The van der Waals surface area contributed by atoms with E-state index < -0.39 is 5.76 Å². The van der Waals surface area contributed by atoms with Gasteiger partial charge >= 0.3 is 5.76 Å².